The first-order chi connectivity index (χ1) is 29.9. The second-order valence-corrected chi connectivity index (χ2v) is 17.9. The average Bonchev–Trinajstić information content (AvgIpc) is 3.24. The van der Waals surface area contributed by atoms with Gasteiger partial charge in [-0.3, -0.25) is 37.8 Å². The number of rotatable bonds is 44. The van der Waals surface area contributed by atoms with Crippen molar-refractivity contribution < 1.29 is 77.2 Å². The maximum absolute atomic E-state index is 13.3. The Labute approximate surface area is 398 Å². The number of hydrogen-bond donors (Lipinski definition) is 7. The van der Waals surface area contributed by atoms with Crippen molar-refractivity contribution in [2.24, 2.45) is 11.5 Å². The smallest absolute Gasteiger partial charge is 0.473 e. The zero-order valence-corrected chi connectivity index (χ0v) is 41.3. The van der Waals surface area contributed by atoms with E-state index in [1.165, 1.54) is 70.6 Å². The van der Waals surface area contributed by atoms with Crippen molar-refractivity contribution >= 4 is 68.1 Å². The standard InChI is InChI=1S/C44H81N2O16P.2ClH/c1-3-5-7-9-11-13-15-17-19-21-23-25-38(51)59-31-33(61-39(52)26-24-22-20-18-16-14-12-10-8-6-4-2)32-60-63(57,58)62-44(41(54)35(46)28-30-37(49)50)43(56)42(55)40(53)34(45)27-29-36(47)48;;/h33-35,42-44,55-56H,3-32,45-46H2,1-2H3,(H,47,48)(H,49,50)(H,57,58);2*1H/t33-,34?,35?,42-,43+,44-;;/m1../s1. The summed E-state index contributed by atoms with van der Waals surface area (Å²) in [6, 6.07) is -3.38. The highest BCUT2D eigenvalue weighted by Gasteiger charge is 2.44. The molecule has 0 radical (unpaired) electrons. The maximum Gasteiger partial charge on any atom is 0.473 e. The van der Waals surface area contributed by atoms with Crippen LogP contribution in [0.2, 0.25) is 0 Å². The number of esters is 2. The zero-order chi connectivity index (χ0) is 47.5. The van der Waals surface area contributed by atoms with Crippen molar-refractivity contribution in [2.75, 3.05) is 13.2 Å². The lowest BCUT2D eigenvalue weighted by molar-refractivity contribution is -0.161. The van der Waals surface area contributed by atoms with Gasteiger partial charge in [0.05, 0.1) is 18.7 Å². The van der Waals surface area contributed by atoms with E-state index >= 15 is 0 Å². The molecule has 18 nitrogen and oxygen atoms in total. The fourth-order valence-electron chi connectivity index (χ4n) is 6.73. The van der Waals surface area contributed by atoms with Crippen molar-refractivity contribution in [3.8, 4) is 0 Å². The molecule has 384 valence electrons. The van der Waals surface area contributed by atoms with Gasteiger partial charge in [0, 0.05) is 25.7 Å². The largest absolute Gasteiger partial charge is 0.481 e. The Kier molecular flexibility index (Phi) is 43.2. The van der Waals surface area contributed by atoms with Crippen molar-refractivity contribution in [1.82, 2.24) is 0 Å². The van der Waals surface area contributed by atoms with Gasteiger partial charge in [-0.2, -0.15) is 0 Å². The van der Waals surface area contributed by atoms with Crippen LogP contribution in [0.3, 0.4) is 0 Å². The number of aliphatic carboxylic acids is 2. The number of hydrogen-bond acceptors (Lipinski definition) is 15. The molecule has 0 aromatic heterocycles. The number of phosphoric ester groups is 1. The number of carboxylic acid groups (broad SMARTS) is 2. The topological polar surface area (TPSA) is 310 Å². The van der Waals surface area contributed by atoms with E-state index < -0.39 is 119 Å². The lowest BCUT2D eigenvalue weighted by Crippen LogP contribution is -2.54. The number of unbranched alkanes of at least 4 members (excludes halogenated alkanes) is 20. The first kappa shape index (κ1) is 67.0. The molecule has 0 aliphatic heterocycles. The Bertz CT molecular complexity index is 1350. The molecular weight excluding hydrogens is 914 g/mol. The highest BCUT2D eigenvalue weighted by Crippen LogP contribution is 2.46. The fraction of sp³-hybridized carbons (Fsp3) is 0.864. The molecule has 0 rings (SSSR count). The van der Waals surface area contributed by atoms with E-state index in [2.05, 4.69) is 13.8 Å². The SMILES string of the molecule is CCCCCCCCCCCCCC(=O)OC[C@H](COP(=O)(O)O[C@H](C(=O)C(N)CCC(=O)O)[C@@H](O)[C@H](O)C(=O)C(N)CCC(=O)O)OC(=O)CCCCCCCCCCCCC.Cl.Cl. The third kappa shape index (κ3) is 36.5. The number of ketones is 2. The second-order valence-electron chi connectivity index (χ2n) is 16.5. The Balaban J connectivity index is -0.0000192. The number of carbonyl (C=O) groups is 6. The van der Waals surface area contributed by atoms with Gasteiger partial charge in [-0.15, -0.1) is 24.8 Å². The van der Waals surface area contributed by atoms with E-state index in [9.17, 15) is 48.4 Å². The van der Waals surface area contributed by atoms with Crippen LogP contribution in [0, 0.1) is 0 Å². The molecule has 0 heterocycles. The van der Waals surface area contributed by atoms with Gasteiger partial charge in [0.1, 0.15) is 18.8 Å². The molecule has 0 aromatic rings. The van der Waals surface area contributed by atoms with Crippen LogP contribution in [0.1, 0.15) is 194 Å². The zero-order valence-electron chi connectivity index (χ0n) is 38.8. The van der Waals surface area contributed by atoms with Gasteiger partial charge in [-0.1, -0.05) is 142 Å². The van der Waals surface area contributed by atoms with Gasteiger partial charge in [0.25, 0.3) is 0 Å². The quantitative estimate of drug-likeness (QED) is 0.0177. The van der Waals surface area contributed by atoms with E-state index in [0.717, 1.165) is 57.8 Å². The normalized spacial score (nSPS) is 14.9. The number of Topliss-reactive ketones (excluding diaryl/α,β-unsaturated/α-hetero) is 2. The third-order valence-electron chi connectivity index (χ3n) is 10.6. The summed E-state index contributed by atoms with van der Waals surface area (Å²) in [4.78, 5) is 84.2. The number of aliphatic hydroxyl groups is 2. The summed E-state index contributed by atoms with van der Waals surface area (Å²) in [5, 5.41) is 39.4. The van der Waals surface area contributed by atoms with Crippen LogP contribution in [-0.2, 0) is 51.9 Å². The lowest BCUT2D eigenvalue weighted by atomic mass is 9.92. The molecule has 0 amide bonds. The molecule has 0 aromatic carbocycles. The molecular formula is C44H83Cl2N2O16P. The molecule has 21 heteroatoms. The number of carboxylic acids is 2. The van der Waals surface area contributed by atoms with Crippen LogP contribution in [0.25, 0.3) is 0 Å². The predicted molar refractivity (Wildman–Crippen MR) is 250 cm³/mol. The lowest BCUT2D eigenvalue weighted by Gasteiger charge is -2.29. The minimum atomic E-state index is -5.50. The molecule has 0 saturated heterocycles. The molecule has 65 heavy (non-hydrogen) atoms. The van der Waals surface area contributed by atoms with E-state index in [4.69, 9.17) is 40.2 Å². The Morgan fingerprint density at radius 2 is 0.908 bits per heavy atom. The first-order valence-electron chi connectivity index (χ1n) is 23.3. The fourth-order valence-corrected chi connectivity index (χ4v) is 7.66. The molecule has 0 saturated carbocycles. The summed E-state index contributed by atoms with van der Waals surface area (Å²) in [5.41, 5.74) is 11.5. The predicted octanol–water partition coefficient (Wildman–Crippen LogP) is 7.43. The minimum absolute atomic E-state index is 0. The van der Waals surface area contributed by atoms with Crippen LogP contribution in [0.15, 0.2) is 0 Å². The van der Waals surface area contributed by atoms with Crippen LogP contribution in [-0.4, -0.2) is 110 Å². The molecule has 0 spiro atoms. The van der Waals surface area contributed by atoms with E-state index in [-0.39, 0.29) is 37.7 Å². The summed E-state index contributed by atoms with van der Waals surface area (Å²) in [6.07, 6.45) is 12.3. The van der Waals surface area contributed by atoms with E-state index in [1.807, 2.05) is 0 Å². The van der Waals surface area contributed by atoms with Gasteiger partial charge in [-0.25, -0.2) is 4.57 Å². The number of aliphatic hydroxyl groups excluding tert-OH is 2. The van der Waals surface area contributed by atoms with Crippen molar-refractivity contribution in [3.63, 3.8) is 0 Å². The van der Waals surface area contributed by atoms with Gasteiger partial charge in [-0.05, 0) is 25.7 Å². The van der Waals surface area contributed by atoms with Gasteiger partial charge in [0.2, 0.25) is 0 Å². The molecule has 0 aliphatic carbocycles. The van der Waals surface area contributed by atoms with E-state index in [0.29, 0.717) is 12.8 Å². The highest BCUT2D eigenvalue weighted by atomic mass is 35.5. The summed E-state index contributed by atoms with van der Waals surface area (Å²) in [5.74, 6) is -6.68. The number of phosphoric acid groups is 1. The molecule has 3 unspecified atom stereocenters. The van der Waals surface area contributed by atoms with E-state index in [1.54, 1.807) is 0 Å². The summed E-state index contributed by atoms with van der Waals surface area (Å²) < 4.78 is 34.1. The van der Waals surface area contributed by atoms with Crippen LogP contribution >= 0.6 is 32.6 Å². The van der Waals surface area contributed by atoms with Gasteiger partial charge < -0.3 is 46.3 Å². The maximum atomic E-state index is 13.3. The number of ether oxygens (including phenoxy) is 2. The summed E-state index contributed by atoms with van der Waals surface area (Å²) >= 11 is 0. The number of carbonyl (C=O) groups excluding carboxylic acids is 4. The molecule has 0 fully saturated rings. The monoisotopic (exact) mass is 996 g/mol. The van der Waals surface area contributed by atoms with Gasteiger partial charge in [0.15, 0.2) is 23.8 Å². The number of nitrogens with two attached hydrogens (primary N) is 2. The average molecular weight is 998 g/mol. The Hall–Kier alpha value is -2.25. The molecule has 0 bridgehead atoms. The van der Waals surface area contributed by atoms with Gasteiger partial charge >= 0.3 is 31.7 Å². The first-order valence-corrected chi connectivity index (χ1v) is 24.8. The van der Waals surface area contributed by atoms with Crippen LogP contribution in [0.4, 0.5) is 0 Å². The molecule has 7 atom stereocenters. The van der Waals surface area contributed by atoms with Crippen LogP contribution in [0.5, 0.6) is 0 Å². The molecule has 0 aliphatic rings. The summed E-state index contributed by atoms with van der Waals surface area (Å²) in [7, 11) is -5.50. The van der Waals surface area contributed by atoms with Crippen LogP contribution < -0.4 is 11.5 Å². The summed E-state index contributed by atoms with van der Waals surface area (Å²) in [6.45, 7) is 2.90. The second kappa shape index (κ2) is 41.9. The third-order valence-corrected chi connectivity index (χ3v) is 11.6. The Morgan fingerprint density at radius 3 is 1.31 bits per heavy atom. The van der Waals surface area contributed by atoms with Crippen molar-refractivity contribution in [3.05, 3.63) is 0 Å². The number of halogens is 2. The van der Waals surface area contributed by atoms with Crippen molar-refractivity contribution in [2.45, 2.75) is 230 Å². The Morgan fingerprint density at radius 1 is 0.538 bits per heavy atom. The minimum Gasteiger partial charge on any atom is -0.481 e. The highest BCUT2D eigenvalue weighted by molar-refractivity contribution is 7.47. The van der Waals surface area contributed by atoms with Crippen molar-refractivity contribution in [1.29, 1.82) is 0 Å². The molecule has 9 N–H and O–H groups in total.